The fraction of sp³-hybridized carbons (Fsp3) is 0.316. The normalized spacial score (nSPS) is 11.7. The molecule has 0 aliphatic carbocycles. The van der Waals surface area contributed by atoms with E-state index in [1.54, 1.807) is 0 Å². The molecule has 0 aromatic heterocycles. The van der Waals surface area contributed by atoms with E-state index in [2.05, 4.69) is 54.5 Å². The van der Waals surface area contributed by atoms with Crippen LogP contribution in [0, 0.1) is 11.3 Å². The van der Waals surface area contributed by atoms with Crippen molar-refractivity contribution in [2.45, 2.75) is 19.4 Å². The van der Waals surface area contributed by atoms with E-state index in [4.69, 9.17) is 5.26 Å². The Morgan fingerprint density at radius 2 is 1.77 bits per heavy atom. The maximum absolute atomic E-state index is 8.82. The number of para-hydroxylation sites is 1. The minimum absolute atomic E-state index is 0.301. The number of nitriles is 1. The van der Waals surface area contributed by atoms with E-state index >= 15 is 0 Å². The van der Waals surface area contributed by atoms with E-state index in [0.29, 0.717) is 11.6 Å². The van der Waals surface area contributed by atoms with Gasteiger partial charge in [0.1, 0.15) is 0 Å². The molecule has 0 saturated heterocycles. The van der Waals surface area contributed by atoms with Gasteiger partial charge in [0, 0.05) is 25.3 Å². The third kappa shape index (κ3) is 4.61. The number of benzene rings is 2. The van der Waals surface area contributed by atoms with Crippen molar-refractivity contribution >= 4 is 5.69 Å². The molecule has 1 N–H and O–H groups in total. The summed E-state index contributed by atoms with van der Waals surface area (Å²) >= 11 is 0. The lowest BCUT2D eigenvalue weighted by Crippen LogP contribution is -2.25. The van der Waals surface area contributed by atoms with Gasteiger partial charge in [0.25, 0.3) is 0 Å². The zero-order chi connectivity index (χ0) is 15.8. The molecular formula is C19H23N3. The van der Waals surface area contributed by atoms with Gasteiger partial charge in [-0.15, -0.1) is 0 Å². The highest BCUT2D eigenvalue weighted by atomic mass is 15.1. The minimum Gasteiger partial charge on any atom is -0.375 e. The molecule has 22 heavy (non-hydrogen) atoms. The third-order valence-electron chi connectivity index (χ3n) is 3.86. The van der Waals surface area contributed by atoms with Crippen molar-refractivity contribution < 1.29 is 0 Å². The molecule has 3 heteroatoms. The number of nitrogens with one attached hydrogen (secondary N) is 1. The second-order valence-electron chi connectivity index (χ2n) is 5.52. The number of hydrogen-bond donors (Lipinski definition) is 1. The smallest absolute Gasteiger partial charge is 0.0991 e. The lowest BCUT2D eigenvalue weighted by Gasteiger charge is -2.20. The summed E-state index contributed by atoms with van der Waals surface area (Å²) in [4.78, 5) is 2.27. The molecule has 2 aromatic rings. The Morgan fingerprint density at radius 1 is 1.09 bits per heavy atom. The predicted octanol–water partition coefficient (Wildman–Crippen LogP) is 3.74. The van der Waals surface area contributed by atoms with Crippen LogP contribution in [0.2, 0.25) is 0 Å². The van der Waals surface area contributed by atoms with Crippen LogP contribution in [-0.2, 0) is 0 Å². The van der Waals surface area contributed by atoms with Gasteiger partial charge in [-0.1, -0.05) is 30.3 Å². The Kier molecular flexibility index (Phi) is 6.00. The summed E-state index contributed by atoms with van der Waals surface area (Å²) in [6, 6.07) is 20.7. The SMILES string of the molecule is CC(NCCCN(C)c1ccccc1)c1ccc(C#N)cc1. The van der Waals surface area contributed by atoms with E-state index in [-0.39, 0.29) is 0 Å². The van der Waals surface area contributed by atoms with E-state index in [1.165, 1.54) is 11.3 Å². The van der Waals surface area contributed by atoms with Crippen LogP contribution in [0.15, 0.2) is 54.6 Å². The van der Waals surface area contributed by atoms with Gasteiger partial charge < -0.3 is 10.2 Å². The quantitative estimate of drug-likeness (QED) is 0.791. The Morgan fingerprint density at radius 3 is 2.41 bits per heavy atom. The molecule has 0 aliphatic rings. The standard InChI is InChI=1S/C19H23N3/c1-16(18-11-9-17(15-20)10-12-18)21-13-6-14-22(2)19-7-4-3-5-8-19/h3-5,7-12,16,21H,6,13-14H2,1-2H3. The molecular weight excluding hydrogens is 270 g/mol. The average Bonchev–Trinajstić information content (AvgIpc) is 2.59. The van der Waals surface area contributed by atoms with E-state index in [9.17, 15) is 0 Å². The summed E-state index contributed by atoms with van der Waals surface area (Å²) in [6.07, 6.45) is 1.09. The van der Waals surface area contributed by atoms with Crippen molar-refractivity contribution in [3.8, 4) is 6.07 Å². The van der Waals surface area contributed by atoms with Crippen LogP contribution in [-0.4, -0.2) is 20.1 Å². The number of anilines is 1. The summed E-state index contributed by atoms with van der Waals surface area (Å²) in [5, 5.41) is 12.3. The fourth-order valence-electron chi connectivity index (χ4n) is 2.41. The van der Waals surface area contributed by atoms with Crippen molar-refractivity contribution in [2.24, 2.45) is 0 Å². The van der Waals surface area contributed by atoms with Crippen molar-refractivity contribution in [1.29, 1.82) is 5.26 Å². The molecule has 114 valence electrons. The van der Waals surface area contributed by atoms with Crippen LogP contribution in [0.5, 0.6) is 0 Å². The molecule has 0 heterocycles. The van der Waals surface area contributed by atoms with E-state index in [0.717, 1.165) is 19.5 Å². The Labute approximate surface area is 133 Å². The van der Waals surface area contributed by atoms with Crippen LogP contribution in [0.25, 0.3) is 0 Å². The molecule has 0 saturated carbocycles. The second kappa shape index (κ2) is 8.21. The Hall–Kier alpha value is -2.31. The molecule has 0 bridgehead atoms. The van der Waals surface area contributed by atoms with Crippen LogP contribution in [0.3, 0.4) is 0 Å². The van der Waals surface area contributed by atoms with Crippen molar-refractivity contribution in [3.63, 3.8) is 0 Å². The first-order valence-corrected chi connectivity index (χ1v) is 7.70. The number of nitrogens with zero attached hydrogens (tertiary/aromatic N) is 2. The molecule has 0 aliphatic heterocycles. The Balaban J connectivity index is 1.73. The van der Waals surface area contributed by atoms with Gasteiger partial charge in [-0.25, -0.2) is 0 Å². The van der Waals surface area contributed by atoms with Crippen molar-refractivity contribution in [3.05, 3.63) is 65.7 Å². The molecule has 0 amide bonds. The van der Waals surface area contributed by atoms with E-state index in [1.807, 2.05) is 30.3 Å². The predicted molar refractivity (Wildman–Crippen MR) is 91.9 cm³/mol. The summed E-state index contributed by atoms with van der Waals surface area (Å²) in [7, 11) is 2.12. The van der Waals surface area contributed by atoms with Gasteiger partial charge in [0.15, 0.2) is 0 Å². The van der Waals surface area contributed by atoms with Gasteiger partial charge >= 0.3 is 0 Å². The molecule has 2 rings (SSSR count). The van der Waals surface area contributed by atoms with Gasteiger partial charge in [-0.2, -0.15) is 5.26 Å². The highest BCUT2D eigenvalue weighted by Gasteiger charge is 2.05. The first-order valence-electron chi connectivity index (χ1n) is 7.70. The zero-order valence-electron chi connectivity index (χ0n) is 13.3. The monoisotopic (exact) mass is 293 g/mol. The van der Waals surface area contributed by atoms with Crippen LogP contribution < -0.4 is 10.2 Å². The highest BCUT2D eigenvalue weighted by molar-refractivity contribution is 5.44. The minimum atomic E-state index is 0.301. The lowest BCUT2D eigenvalue weighted by molar-refractivity contribution is 0.558. The molecule has 0 radical (unpaired) electrons. The first-order chi connectivity index (χ1) is 10.7. The van der Waals surface area contributed by atoms with Crippen molar-refractivity contribution in [2.75, 3.05) is 25.0 Å². The maximum atomic E-state index is 8.82. The van der Waals surface area contributed by atoms with Crippen LogP contribution >= 0.6 is 0 Å². The first kappa shape index (κ1) is 16.1. The summed E-state index contributed by atoms with van der Waals surface area (Å²) in [6.45, 7) is 4.15. The highest BCUT2D eigenvalue weighted by Crippen LogP contribution is 2.14. The summed E-state index contributed by atoms with van der Waals surface area (Å²) in [5.41, 5.74) is 3.18. The van der Waals surface area contributed by atoms with Gasteiger partial charge in [-0.3, -0.25) is 0 Å². The molecule has 2 aromatic carbocycles. The molecule has 0 spiro atoms. The zero-order valence-corrected chi connectivity index (χ0v) is 13.3. The second-order valence-corrected chi connectivity index (χ2v) is 5.52. The summed E-state index contributed by atoms with van der Waals surface area (Å²) < 4.78 is 0. The Bertz CT molecular complexity index is 599. The topological polar surface area (TPSA) is 39.1 Å². The maximum Gasteiger partial charge on any atom is 0.0991 e. The van der Waals surface area contributed by atoms with Crippen LogP contribution in [0.4, 0.5) is 5.69 Å². The van der Waals surface area contributed by atoms with Gasteiger partial charge in [0.2, 0.25) is 0 Å². The molecule has 1 unspecified atom stereocenters. The van der Waals surface area contributed by atoms with Crippen molar-refractivity contribution in [1.82, 2.24) is 5.32 Å². The van der Waals surface area contributed by atoms with Crippen LogP contribution in [0.1, 0.15) is 30.5 Å². The third-order valence-corrected chi connectivity index (χ3v) is 3.86. The lowest BCUT2D eigenvalue weighted by atomic mass is 10.1. The average molecular weight is 293 g/mol. The van der Waals surface area contributed by atoms with Gasteiger partial charge in [-0.05, 0) is 49.7 Å². The molecule has 3 nitrogen and oxygen atoms in total. The fourth-order valence-corrected chi connectivity index (χ4v) is 2.41. The largest absolute Gasteiger partial charge is 0.375 e. The molecule has 0 fully saturated rings. The number of hydrogen-bond acceptors (Lipinski definition) is 3. The molecule has 1 atom stereocenters. The number of rotatable bonds is 7. The summed E-state index contributed by atoms with van der Waals surface area (Å²) in [5.74, 6) is 0. The van der Waals surface area contributed by atoms with E-state index < -0.39 is 0 Å². The van der Waals surface area contributed by atoms with Gasteiger partial charge in [0.05, 0.1) is 11.6 Å².